The van der Waals surface area contributed by atoms with Crippen molar-refractivity contribution in [3.05, 3.63) is 24.1 Å². The fourth-order valence-electron chi connectivity index (χ4n) is 2.04. The van der Waals surface area contributed by atoms with E-state index >= 15 is 0 Å². The quantitative estimate of drug-likeness (QED) is 0.790. The highest BCUT2D eigenvalue weighted by atomic mass is 16.3. The monoisotopic (exact) mass is 291 g/mol. The maximum atomic E-state index is 11.9. The molecule has 1 aromatic carbocycles. The van der Waals surface area contributed by atoms with Gasteiger partial charge in [-0.25, -0.2) is 9.78 Å². The largest absolute Gasteiger partial charge is 0.441 e. The van der Waals surface area contributed by atoms with Crippen LogP contribution in [-0.4, -0.2) is 28.3 Å². The van der Waals surface area contributed by atoms with Crippen LogP contribution in [-0.2, 0) is 0 Å². The van der Waals surface area contributed by atoms with Crippen LogP contribution in [0, 0.1) is 6.92 Å². The number of hydrogen-bond donors (Lipinski definition) is 3. The average Bonchev–Trinajstić information content (AvgIpc) is 2.84. The van der Waals surface area contributed by atoms with Crippen molar-refractivity contribution in [1.82, 2.24) is 10.3 Å². The third-order valence-corrected chi connectivity index (χ3v) is 3.65. The van der Waals surface area contributed by atoms with E-state index in [1.807, 2.05) is 13.8 Å². The fraction of sp³-hybridized carbons (Fsp3) is 0.467. The standard InChI is InChI=1S/C15H21N3O3/c1-4-15(20,5-2)9-16-14(19)18-11-6-7-13-12(8-11)17-10(3)21-13/h6-8,20H,4-5,9H2,1-3H3,(H2,16,18,19). The Bertz CT molecular complexity index is 632. The molecule has 0 bridgehead atoms. The summed E-state index contributed by atoms with van der Waals surface area (Å²) in [6, 6.07) is 4.91. The predicted octanol–water partition coefficient (Wildman–Crippen LogP) is 2.81. The summed E-state index contributed by atoms with van der Waals surface area (Å²) < 4.78 is 5.38. The van der Waals surface area contributed by atoms with E-state index in [9.17, 15) is 9.90 Å². The number of benzene rings is 1. The Balaban J connectivity index is 1.97. The number of fused-ring (bicyclic) bond motifs is 1. The van der Waals surface area contributed by atoms with E-state index in [4.69, 9.17) is 4.42 Å². The first-order valence-corrected chi connectivity index (χ1v) is 7.10. The maximum absolute atomic E-state index is 11.9. The molecule has 0 saturated heterocycles. The molecule has 0 aliphatic heterocycles. The Kier molecular flexibility index (Phi) is 4.47. The van der Waals surface area contributed by atoms with Gasteiger partial charge in [-0.1, -0.05) is 13.8 Å². The van der Waals surface area contributed by atoms with Gasteiger partial charge in [0, 0.05) is 19.2 Å². The summed E-state index contributed by atoms with van der Waals surface area (Å²) in [5.41, 5.74) is 1.16. The van der Waals surface area contributed by atoms with E-state index in [1.165, 1.54) is 0 Å². The molecule has 0 spiro atoms. The van der Waals surface area contributed by atoms with E-state index in [-0.39, 0.29) is 12.6 Å². The summed E-state index contributed by atoms with van der Waals surface area (Å²) in [5.74, 6) is 0.586. The summed E-state index contributed by atoms with van der Waals surface area (Å²) in [6.07, 6.45) is 1.18. The van der Waals surface area contributed by atoms with Gasteiger partial charge >= 0.3 is 6.03 Å². The Hall–Kier alpha value is -2.08. The molecule has 2 aromatic rings. The van der Waals surface area contributed by atoms with E-state index in [1.54, 1.807) is 25.1 Å². The van der Waals surface area contributed by atoms with E-state index in [0.29, 0.717) is 35.5 Å². The number of oxazole rings is 1. The number of nitrogens with one attached hydrogen (secondary N) is 2. The Morgan fingerprint density at radius 2 is 2.10 bits per heavy atom. The fourth-order valence-corrected chi connectivity index (χ4v) is 2.04. The lowest BCUT2D eigenvalue weighted by molar-refractivity contribution is 0.0354. The lowest BCUT2D eigenvalue weighted by Crippen LogP contribution is -2.43. The van der Waals surface area contributed by atoms with Gasteiger partial charge in [-0.15, -0.1) is 0 Å². The van der Waals surface area contributed by atoms with Crippen molar-refractivity contribution in [2.75, 3.05) is 11.9 Å². The SMILES string of the molecule is CCC(O)(CC)CNC(=O)Nc1ccc2oc(C)nc2c1. The van der Waals surface area contributed by atoms with E-state index in [0.717, 1.165) is 0 Å². The molecule has 6 nitrogen and oxygen atoms in total. The highest BCUT2D eigenvalue weighted by Crippen LogP contribution is 2.19. The number of rotatable bonds is 5. The van der Waals surface area contributed by atoms with Crippen molar-refractivity contribution in [3.8, 4) is 0 Å². The summed E-state index contributed by atoms with van der Waals surface area (Å²) >= 11 is 0. The van der Waals surface area contributed by atoms with E-state index < -0.39 is 5.60 Å². The van der Waals surface area contributed by atoms with Crippen molar-refractivity contribution in [2.24, 2.45) is 0 Å². The van der Waals surface area contributed by atoms with Crippen molar-refractivity contribution in [2.45, 2.75) is 39.2 Å². The van der Waals surface area contributed by atoms with Gasteiger partial charge in [-0.2, -0.15) is 0 Å². The molecule has 0 radical (unpaired) electrons. The third kappa shape index (κ3) is 3.72. The molecule has 21 heavy (non-hydrogen) atoms. The smallest absolute Gasteiger partial charge is 0.319 e. The molecule has 0 aliphatic rings. The number of urea groups is 1. The summed E-state index contributed by atoms with van der Waals surface area (Å²) in [5, 5.41) is 15.5. The van der Waals surface area contributed by atoms with Crippen LogP contribution in [0.25, 0.3) is 11.1 Å². The van der Waals surface area contributed by atoms with Crippen LogP contribution in [0.4, 0.5) is 10.5 Å². The van der Waals surface area contributed by atoms with Gasteiger partial charge in [-0.05, 0) is 31.0 Å². The minimum absolute atomic E-state index is 0.219. The van der Waals surface area contributed by atoms with Gasteiger partial charge in [0.1, 0.15) is 5.52 Å². The summed E-state index contributed by atoms with van der Waals surface area (Å²) in [6.45, 7) is 5.78. The molecule has 1 heterocycles. The molecule has 0 unspecified atom stereocenters. The van der Waals surface area contributed by atoms with Crippen LogP contribution in [0.15, 0.2) is 22.6 Å². The molecule has 6 heteroatoms. The number of anilines is 1. The van der Waals surface area contributed by atoms with Crippen LogP contribution < -0.4 is 10.6 Å². The summed E-state index contributed by atoms with van der Waals surface area (Å²) in [4.78, 5) is 16.1. The van der Waals surface area contributed by atoms with Crippen molar-refractivity contribution < 1.29 is 14.3 Å². The van der Waals surface area contributed by atoms with Gasteiger partial charge in [-0.3, -0.25) is 0 Å². The molecule has 0 fully saturated rings. The maximum Gasteiger partial charge on any atom is 0.319 e. The molecule has 114 valence electrons. The van der Waals surface area contributed by atoms with Gasteiger partial charge in [0.05, 0.1) is 5.60 Å². The van der Waals surface area contributed by atoms with Crippen LogP contribution in [0.2, 0.25) is 0 Å². The number of hydrogen-bond acceptors (Lipinski definition) is 4. The van der Waals surface area contributed by atoms with Crippen LogP contribution in [0.3, 0.4) is 0 Å². The second kappa shape index (κ2) is 6.13. The molecule has 2 amide bonds. The third-order valence-electron chi connectivity index (χ3n) is 3.65. The molecule has 2 rings (SSSR count). The van der Waals surface area contributed by atoms with Crippen molar-refractivity contribution in [1.29, 1.82) is 0 Å². The first-order valence-electron chi connectivity index (χ1n) is 7.10. The van der Waals surface area contributed by atoms with Crippen LogP contribution in [0.1, 0.15) is 32.6 Å². The first kappa shape index (κ1) is 15.3. The zero-order valence-electron chi connectivity index (χ0n) is 12.6. The zero-order chi connectivity index (χ0) is 15.5. The average molecular weight is 291 g/mol. The lowest BCUT2D eigenvalue weighted by Gasteiger charge is -2.25. The molecular weight excluding hydrogens is 270 g/mol. The Morgan fingerprint density at radius 1 is 1.38 bits per heavy atom. The number of carbonyl (C=O) groups is 1. The molecule has 3 N–H and O–H groups in total. The molecule has 1 aromatic heterocycles. The van der Waals surface area contributed by atoms with Gasteiger partial charge in [0.2, 0.25) is 0 Å². The number of aromatic nitrogens is 1. The number of aliphatic hydroxyl groups is 1. The molecule has 0 atom stereocenters. The van der Waals surface area contributed by atoms with E-state index in [2.05, 4.69) is 15.6 Å². The second-order valence-corrected chi connectivity index (χ2v) is 5.15. The number of amides is 2. The minimum atomic E-state index is -0.857. The Labute approximate surface area is 123 Å². The minimum Gasteiger partial charge on any atom is -0.441 e. The van der Waals surface area contributed by atoms with Gasteiger partial charge in [0.15, 0.2) is 11.5 Å². The second-order valence-electron chi connectivity index (χ2n) is 5.15. The van der Waals surface area contributed by atoms with Gasteiger partial charge in [0.25, 0.3) is 0 Å². The molecule has 0 saturated carbocycles. The highest BCUT2D eigenvalue weighted by molar-refractivity contribution is 5.91. The highest BCUT2D eigenvalue weighted by Gasteiger charge is 2.22. The predicted molar refractivity (Wildman–Crippen MR) is 81.3 cm³/mol. The zero-order valence-corrected chi connectivity index (χ0v) is 12.6. The normalized spacial score (nSPS) is 11.6. The topological polar surface area (TPSA) is 87.4 Å². The first-order chi connectivity index (χ1) is 9.95. The van der Waals surface area contributed by atoms with Crippen molar-refractivity contribution in [3.63, 3.8) is 0 Å². The number of nitrogens with zero attached hydrogens (tertiary/aromatic N) is 1. The summed E-state index contributed by atoms with van der Waals surface area (Å²) in [7, 11) is 0. The Morgan fingerprint density at radius 3 is 2.76 bits per heavy atom. The number of aryl methyl sites for hydroxylation is 1. The van der Waals surface area contributed by atoms with Crippen LogP contribution in [0.5, 0.6) is 0 Å². The van der Waals surface area contributed by atoms with Gasteiger partial charge < -0.3 is 20.2 Å². The molecular formula is C15H21N3O3. The molecule has 0 aliphatic carbocycles. The number of carbonyl (C=O) groups excluding carboxylic acids is 1. The lowest BCUT2D eigenvalue weighted by atomic mass is 9.98. The van der Waals surface area contributed by atoms with Crippen LogP contribution >= 0.6 is 0 Å². The van der Waals surface area contributed by atoms with Crippen molar-refractivity contribution >= 4 is 22.8 Å².